The molecule has 5 rings (SSSR count). The highest BCUT2D eigenvalue weighted by Gasteiger charge is 2.22. The summed E-state index contributed by atoms with van der Waals surface area (Å²) >= 11 is 1.41. The van der Waals surface area contributed by atoms with Crippen LogP contribution in [-0.4, -0.2) is 53.1 Å². The van der Waals surface area contributed by atoms with E-state index in [4.69, 9.17) is 5.73 Å². The highest BCUT2D eigenvalue weighted by atomic mass is 32.1. The summed E-state index contributed by atoms with van der Waals surface area (Å²) in [5.41, 5.74) is 7.78. The predicted octanol–water partition coefficient (Wildman–Crippen LogP) is 2.61. The molecule has 7 nitrogen and oxygen atoms in total. The number of hydrogen-bond donors (Lipinski definition) is 3. The van der Waals surface area contributed by atoms with Crippen molar-refractivity contribution in [3.8, 4) is 11.4 Å². The quantitative estimate of drug-likeness (QED) is 0.483. The van der Waals surface area contributed by atoms with Crippen LogP contribution in [0.2, 0.25) is 0 Å². The Morgan fingerprint density at radius 1 is 1.18 bits per heavy atom. The van der Waals surface area contributed by atoms with E-state index in [1.165, 1.54) is 11.3 Å². The Morgan fingerprint density at radius 3 is 2.75 bits per heavy atom. The lowest BCUT2D eigenvalue weighted by molar-refractivity contribution is 0.312. The highest BCUT2D eigenvalue weighted by molar-refractivity contribution is 7.16. The predicted molar refractivity (Wildman–Crippen MR) is 112 cm³/mol. The van der Waals surface area contributed by atoms with Gasteiger partial charge >= 0.3 is 0 Å². The molecule has 144 valence electrons. The fourth-order valence-corrected chi connectivity index (χ4v) is 4.52. The molecule has 9 heteroatoms. The van der Waals surface area contributed by atoms with E-state index in [0.717, 1.165) is 31.6 Å². The maximum absolute atomic E-state index is 15.2. The van der Waals surface area contributed by atoms with Gasteiger partial charge in [0.1, 0.15) is 21.7 Å². The lowest BCUT2D eigenvalue weighted by atomic mass is 10.2. The Kier molecular flexibility index (Phi) is 3.88. The molecule has 0 unspecified atom stereocenters. The molecule has 0 atom stereocenters. The van der Waals surface area contributed by atoms with E-state index < -0.39 is 0 Å². The minimum absolute atomic E-state index is 0.239. The molecule has 1 aliphatic heterocycles. The van der Waals surface area contributed by atoms with Crippen LogP contribution in [0.15, 0.2) is 28.4 Å². The number of nitrogens with zero attached hydrogens (tertiary/aromatic N) is 3. The fraction of sp³-hybridized carbons (Fsp3) is 0.263. The van der Waals surface area contributed by atoms with Crippen molar-refractivity contribution in [3.63, 3.8) is 0 Å². The van der Waals surface area contributed by atoms with Crippen LogP contribution in [0.1, 0.15) is 0 Å². The summed E-state index contributed by atoms with van der Waals surface area (Å²) in [6, 6.07) is 5.38. The van der Waals surface area contributed by atoms with E-state index in [1.54, 1.807) is 12.1 Å². The van der Waals surface area contributed by atoms with Crippen LogP contribution in [0.3, 0.4) is 0 Å². The minimum atomic E-state index is -0.354. The topological polar surface area (TPSA) is 94.0 Å². The largest absolute Gasteiger partial charge is 0.397 e. The SMILES string of the molecule is CN1CCN(c2ccc3nc(-c4c(N)c5ccsc5[nH]c4=O)[nH]c3c2F)CC1. The van der Waals surface area contributed by atoms with Gasteiger partial charge in [-0.3, -0.25) is 4.79 Å². The van der Waals surface area contributed by atoms with Crippen LogP contribution in [-0.2, 0) is 0 Å². The van der Waals surface area contributed by atoms with Crippen LogP contribution in [0.5, 0.6) is 0 Å². The third-order valence-electron chi connectivity index (χ3n) is 5.33. The fourth-order valence-electron chi connectivity index (χ4n) is 3.72. The first-order valence-corrected chi connectivity index (χ1v) is 9.92. The van der Waals surface area contributed by atoms with Gasteiger partial charge in [-0.1, -0.05) is 0 Å². The van der Waals surface area contributed by atoms with E-state index in [2.05, 4.69) is 26.9 Å². The maximum atomic E-state index is 15.2. The van der Waals surface area contributed by atoms with E-state index in [1.807, 2.05) is 16.3 Å². The number of pyridine rings is 1. The standard InChI is InChI=1S/C19H19FN6OS/c1-25-5-7-26(8-6-25)12-3-2-11-16(14(12)20)23-17(22-11)13-15(21)10-4-9-28-19(10)24-18(13)27/h2-4,9H,5-8H2,1H3,(H,22,23)(H3,21,24,27). The highest BCUT2D eigenvalue weighted by Crippen LogP contribution is 2.32. The van der Waals surface area contributed by atoms with Gasteiger partial charge in [0.15, 0.2) is 5.82 Å². The van der Waals surface area contributed by atoms with Crippen molar-refractivity contribution in [2.75, 3.05) is 43.9 Å². The third-order valence-corrected chi connectivity index (χ3v) is 6.16. The van der Waals surface area contributed by atoms with E-state index in [9.17, 15) is 4.79 Å². The van der Waals surface area contributed by atoms with E-state index in [-0.39, 0.29) is 28.3 Å². The zero-order valence-electron chi connectivity index (χ0n) is 15.3. The van der Waals surface area contributed by atoms with Gasteiger partial charge in [-0.2, -0.15) is 0 Å². The molecule has 0 aliphatic carbocycles. The average molecular weight is 398 g/mol. The number of likely N-dealkylation sites (N-methyl/N-ethyl adjacent to an activating group) is 1. The summed E-state index contributed by atoms with van der Waals surface area (Å²) in [5, 5.41) is 2.63. The lowest BCUT2D eigenvalue weighted by Gasteiger charge is -2.34. The van der Waals surface area contributed by atoms with Crippen molar-refractivity contribution in [1.82, 2.24) is 19.9 Å². The van der Waals surface area contributed by atoms with E-state index >= 15 is 4.39 Å². The van der Waals surface area contributed by atoms with Crippen LogP contribution >= 0.6 is 11.3 Å². The second-order valence-electron chi connectivity index (χ2n) is 7.07. The first-order valence-electron chi connectivity index (χ1n) is 9.04. The van der Waals surface area contributed by atoms with Gasteiger partial charge in [0.25, 0.3) is 5.56 Å². The number of nitrogens with one attached hydrogen (secondary N) is 2. The first kappa shape index (κ1) is 17.2. The zero-order chi connectivity index (χ0) is 19.4. The summed E-state index contributed by atoms with van der Waals surface area (Å²) in [6.07, 6.45) is 0. The zero-order valence-corrected chi connectivity index (χ0v) is 16.1. The number of aromatic nitrogens is 3. The van der Waals surface area contributed by atoms with Crippen molar-refractivity contribution in [3.05, 3.63) is 39.8 Å². The summed E-state index contributed by atoms with van der Waals surface area (Å²) in [5.74, 6) is -0.0799. The first-order chi connectivity index (χ1) is 13.5. The van der Waals surface area contributed by atoms with Crippen molar-refractivity contribution in [2.45, 2.75) is 0 Å². The van der Waals surface area contributed by atoms with Crippen molar-refractivity contribution in [2.24, 2.45) is 0 Å². The Labute approximate surface area is 163 Å². The van der Waals surface area contributed by atoms with Gasteiger partial charge in [-0.25, -0.2) is 9.37 Å². The third kappa shape index (κ3) is 2.58. The molecular weight excluding hydrogens is 379 g/mol. The lowest BCUT2D eigenvalue weighted by Crippen LogP contribution is -2.44. The molecule has 1 saturated heterocycles. The number of hydrogen-bond acceptors (Lipinski definition) is 6. The van der Waals surface area contributed by atoms with Crippen LogP contribution < -0.4 is 16.2 Å². The number of piperazine rings is 1. The van der Waals surface area contributed by atoms with Crippen LogP contribution in [0.4, 0.5) is 15.8 Å². The number of anilines is 2. The Bertz CT molecular complexity index is 1250. The average Bonchev–Trinajstić information content (AvgIpc) is 3.30. The van der Waals surface area contributed by atoms with Gasteiger partial charge in [0, 0.05) is 31.6 Å². The number of halogens is 1. The molecule has 4 N–H and O–H groups in total. The monoisotopic (exact) mass is 398 g/mol. The molecule has 3 aromatic heterocycles. The number of nitrogen functional groups attached to an aromatic ring is 1. The molecule has 1 aliphatic rings. The maximum Gasteiger partial charge on any atom is 0.262 e. The molecule has 0 amide bonds. The van der Waals surface area contributed by atoms with Gasteiger partial charge < -0.3 is 25.5 Å². The number of rotatable bonds is 2. The van der Waals surface area contributed by atoms with E-state index in [0.29, 0.717) is 21.7 Å². The van der Waals surface area contributed by atoms with Crippen LogP contribution in [0, 0.1) is 5.82 Å². The summed E-state index contributed by atoms with van der Waals surface area (Å²) in [7, 11) is 2.06. The Hall–Kier alpha value is -2.91. The molecule has 0 bridgehead atoms. The van der Waals surface area contributed by atoms with Gasteiger partial charge in [-0.15, -0.1) is 11.3 Å². The summed E-state index contributed by atoms with van der Waals surface area (Å²) < 4.78 is 15.2. The van der Waals surface area contributed by atoms with Crippen molar-refractivity contribution < 1.29 is 4.39 Å². The molecule has 0 spiro atoms. The number of imidazole rings is 1. The Morgan fingerprint density at radius 2 is 1.96 bits per heavy atom. The number of H-pyrrole nitrogens is 2. The van der Waals surface area contributed by atoms with Gasteiger partial charge in [0.2, 0.25) is 0 Å². The number of aromatic amines is 2. The van der Waals surface area contributed by atoms with Gasteiger partial charge in [-0.05, 0) is 30.6 Å². The number of nitrogens with two attached hydrogens (primary N) is 1. The molecule has 4 heterocycles. The van der Waals surface area contributed by atoms with Crippen molar-refractivity contribution >= 4 is 44.0 Å². The number of benzene rings is 1. The smallest absolute Gasteiger partial charge is 0.262 e. The second kappa shape index (κ2) is 6.32. The molecule has 28 heavy (non-hydrogen) atoms. The normalized spacial score (nSPS) is 15.7. The number of fused-ring (bicyclic) bond motifs is 2. The Balaban J connectivity index is 1.63. The summed E-state index contributed by atoms with van der Waals surface area (Å²) in [6.45, 7) is 3.30. The minimum Gasteiger partial charge on any atom is -0.397 e. The molecule has 1 fully saturated rings. The van der Waals surface area contributed by atoms with Gasteiger partial charge in [0.05, 0.1) is 16.9 Å². The number of thiophene rings is 1. The molecular formula is C19H19FN6OS. The molecule has 1 aromatic carbocycles. The molecule has 0 saturated carbocycles. The molecule has 0 radical (unpaired) electrons. The van der Waals surface area contributed by atoms with Crippen molar-refractivity contribution in [1.29, 1.82) is 0 Å². The summed E-state index contributed by atoms with van der Waals surface area (Å²) in [4.78, 5) is 27.8. The molecule has 4 aromatic rings. The van der Waals surface area contributed by atoms with Crippen LogP contribution in [0.25, 0.3) is 32.6 Å². The second-order valence-corrected chi connectivity index (χ2v) is 7.99.